The molecule has 3 N–H and O–H groups in total. The van der Waals surface area contributed by atoms with E-state index in [1.54, 1.807) is 6.08 Å². The van der Waals surface area contributed by atoms with Gasteiger partial charge in [-0.1, -0.05) is 68.5 Å². The highest BCUT2D eigenvalue weighted by Gasteiger charge is 2.35. The van der Waals surface area contributed by atoms with Crippen molar-refractivity contribution in [2.45, 2.75) is 88.8 Å². The Hall–Kier alpha value is -2.03. The average molecular weight is 574 g/mol. The molecule has 0 heterocycles. The van der Waals surface area contributed by atoms with Gasteiger partial charge in [-0.25, -0.2) is 0 Å². The molecule has 8 heteroatoms. The largest absolute Gasteiger partial charge is 0.393 e. The number of nitrogens with zero attached hydrogens (tertiary/aromatic N) is 1. The van der Waals surface area contributed by atoms with Gasteiger partial charge >= 0.3 is 0 Å². The van der Waals surface area contributed by atoms with Crippen molar-refractivity contribution in [1.29, 1.82) is 0 Å². The van der Waals surface area contributed by atoms with Crippen LogP contribution in [0.15, 0.2) is 43.0 Å². The number of hydrogen-bond acceptors (Lipinski definition) is 5. The van der Waals surface area contributed by atoms with Crippen molar-refractivity contribution in [3.8, 4) is 0 Å². The van der Waals surface area contributed by atoms with Crippen LogP contribution in [0.4, 0.5) is 0 Å². The molecule has 0 spiro atoms. The zero-order chi connectivity index (χ0) is 28.9. The average Bonchev–Trinajstić information content (AvgIpc) is 3.76. The third kappa shape index (κ3) is 11.8. The van der Waals surface area contributed by atoms with Crippen LogP contribution in [0.3, 0.4) is 0 Å². The topological polar surface area (TPSA) is 98.7 Å². The second-order valence-electron chi connectivity index (χ2n) is 12.2. The van der Waals surface area contributed by atoms with Crippen LogP contribution in [-0.2, 0) is 26.8 Å². The van der Waals surface area contributed by atoms with E-state index in [1.807, 2.05) is 49.3 Å². The van der Waals surface area contributed by atoms with Crippen molar-refractivity contribution in [2.24, 2.45) is 17.8 Å². The van der Waals surface area contributed by atoms with Gasteiger partial charge in [0.2, 0.25) is 11.8 Å². The van der Waals surface area contributed by atoms with Crippen LogP contribution in [0, 0.1) is 17.8 Å². The highest BCUT2D eigenvalue weighted by Crippen LogP contribution is 2.34. The maximum atomic E-state index is 13.7. The summed E-state index contributed by atoms with van der Waals surface area (Å²) in [4.78, 5) is 29.4. The third-order valence-corrected chi connectivity index (χ3v) is 9.67. The number of amides is 2. The van der Waals surface area contributed by atoms with Crippen LogP contribution >= 0.6 is 0 Å². The Kier molecular flexibility index (Phi) is 13.8. The summed E-state index contributed by atoms with van der Waals surface area (Å²) in [5.41, 5.74) is 1.02. The first kappa shape index (κ1) is 32.5. The highest BCUT2D eigenvalue weighted by molar-refractivity contribution is 7.85. The van der Waals surface area contributed by atoms with Crippen molar-refractivity contribution in [2.75, 3.05) is 32.1 Å². The van der Waals surface area contributed by atoms with E-state index in [1.165, 1.54) is 6.42 Å². The number of carbonyl (C=O) groups excluding carboxylic acids is 2. The van der Waals surface area contributed by atoms with Gasteiger partial charge in [0, 0.05) is 34.9 Å². The maximum Gasteiger partial charge on any atom is 0.242 e. The Balaban J connectivity index is 1.72. The summed E-state index contributed by atoms with van der Waals surface area (Å²) in [5.74, 6) is 0.705. The van der Waals surface area contributed by atoms with E-state index in [4.69, 9.17) is 0 Å². The Morgan fingerprint density at radius 1 is 1.07 bits per heavy atom. The second-order valence-corrected chi connectivity index (χ2v) is 13.8. The second kappa shape index (κ2) is 17.0. The molecule has 0 aliphatic heterocycles. The fraction of sp³-hybridized carbons (Fsp3) is 0.688. The molecule has 2 aliphatic rings. The summed E-state index contributed by atoms with van der Waals surface area (Å²) in [5, 5.41) is 16.9. The first-order chi connectivity index (χ1) is 19.2. The summed E-state index contributed by atoms with van der Waals surface area (Å²) >= 11 is 0. The Morgan fingerprint density at radius 2 is 1.77 bits per heavy atom. The van der Waals surface area contributed by atoms with Crippen molar-refractivity contribution in [1.82, 2.24) is 15.5 Å². The smallest absolute Gasteiger partial charge is 0.242 e. The molecule has 40 heavy (non-hydrogen) atoms. The summed E-state index contributed by atoms with van der Waals surface area (Å²) < 4.78 is 12.9. The minimum atomic E-state index is -1.15. The van der Waals surface area contributed by atoms with Gasteiger partial charge in [-0.05, 0) is 70.0 Å². The van der Waals surface area contributed by atoms with Gasteiger partial charge in [0.15, 0.2) is 0 Å². The molecule has 0 aromatic heterocycles. The monoisotopic (exact) mass is 573 g/mol. The molecular formula is C32H51N3O4S. The molecule has 2 amide bonds. The predicted molar refractivity (Wildman–Crippen MR) is 163 cm³/mol. The van der Waals surface area contributed by atoms with Gasteiger partial charge in [-0.15, -0.1) is 6.58 Å². The molecular weight excluding hydrogens is 522 g/mol. The quantitative estimate of drug-likeness (QED) is 0.232. The number of rotatable bonds is 18. The molecule has 7 nitrogen and oxygen atoms in total. The van der Waals surface area contributed by atoms with Gasteiger partial charge in [-0.3, -0.25) is 13.8 Å². The SMILES string of the molecule is C=CC[C@H](O)C[C@@H](NC(=O)C(CC1CC1)NC(=O)[C@H](Cc1ccccc1)CS(=O)CCN(C)C)C1CCCCC1. The normalized spacial score (nSPS) is 19.8. The highest BCUT2D eigenvalue weighted by atomic mass is 32.2. The van der Waals surface area contributed by atoms with E-state index in [9.17, 15) is 18.9 Å². The standard InChI is InChI=1S/C32H51N3O4S/c1-4-11-28(36)22-29(26-14-9-6-10-15-26)33-32(38)30(21-25-16-17-25)34-31(37)27(20-24-12-7-5-8-13-24)23-40(39)19-18-35(2)3/h4-5,7-8,12-13,25-30,36H,1,6,9-11,14-23H2,2-3H3,(H,33,38)(H,34,37)/t27-,28+,29-,30?,40?/m1/s1. The third-order valence-electron chi connectivity index (χ3n) is 8.26. The summed E-state index contributed by atoms with van der Waals surface area (Å²) in [6, 6.07) is 9.06. The van der Waals surface area contributed by atoms with E-state index in [0.29, 0.717) is 49.8 Å². The lowest BCUT2D eigenvalue weighted by atomic mass is 9.81. The number of benzene rings is 1. The van der Waals surface area contributed by atoms with Crippen LogP contribution < -0.4 is 10.6 Å². The molecule has 2 fully saturated rings. The maximum absolute atomic E-state index is 13.7. The fourth-order valence-corrected chi connectivity index (χ4v) is 7.15. The zero-order valence-electron chi connectivity index (χ0n) is 24.6. The van der Waals surface area contributed by atoms with Crippen molar-refractivity contribution in [3.05, 3.63) is 48.6 Å². The molecule has 1 aromatic rings. The van der Waals surface area contributed by atoms with Gasteiger partial charge in [-0.2, -0.15) is 0 Å². The first-order valence-electron chi connectivity index (χ1n) is 15.2. The molecule has 0 bridgehead atoms. The Bertz CT molecular complexity index is 947. The predicted octanol–water partition coefficient (Wildman–Crippen LogP) is 3.83. The molecule has 224 valence electrons. The molecule has 2 aliphatic carbocycles. The summed E-state index contributed by atoms with van der Waals surface area (Å²) in [7, 11) is 2.75. The molecule has 0 saturated heterocycles. The first-order valence-corrected chi connectivity index (χ1v) is 16.7. The van der Waals surface area contributed by atoms with E-state index in [-0.39, 0.29) is 23.6 Å². The lowest BCUT2D eigenvalue weighted by molar-refractivity contribution is -0.131. The van der Waals surface area contributed by atoms with E-state index in [0.717, 1.165) is 44.1 Å². The molecule has 1 aromatic carbocycles. The van der Waals surface area contributed by atoms with Crippen LogP contribution in [0.5, 0.6) is 0 Å². The fourth-order valence-electron chi connectivity index (χ4n) is 5.70. The molecule has 5 atom stereocenters. The number of nitrogens with one attached hydrogen (secondary N) is 2. The summed E-state index contributed by atoms with van der Waals surface area (Å²) in [6.07, 6.45) is 11.0. The van der Waals surface area contributed by atoms with Crippen molar-refractivity contribution >= 4 is 22.6 Å². The minimum absolute atomic E-state index is 0.125. The lowest BCUT2D eigenvalue weighted by Crippen LogP contribution is -2.53. The van der Waals surface area contributed by atoms with Crippen molar-refractivity contribution < 1.29 is 18.9 Å². The molecule has 0 radical (unpaired) electrons. The van der Waals surface area contributed by atoms with Crippen LogP contribution in [0.2, 0.25) is 0 Å². The zero-order valence-corrected chi connectivity index (χ0v) is 25.4. The van der Waals surface area contributed by atoms with Crippen LogP contribution in [-0.4, -0.2) is 76.4 Å². The van der Waals surface area contributed by atoms with Gasteiger partial charge in [0.1, 0.15) is 6.04 Å². The lowest BCUT2D eigenvalue weighted by Gasteiger charge is -2.33. The minimum Gasteiger partial charge on any atom is -0.393 e. The molecule has 3 rings (SSSR count). The van der Waals surface area contributed by atoms with Gasteiger partial charge in [0.25, 0.3) is 0 Å². The summed E-state index contributed by atoms with van der Waals surface area (Å²) in [6.45, 7) is 4.44. The Labute approximate surface area is 244 Å². The van der Waals surface area contributed by atoms with Crippen LogP contribution in [0.1, 0.15) is 69.8 Å². The van der Waals surface area contributed by atoms with Crippen molar-refractivity contribution in [3.63, 3.8) is 0 Å². The van der Waals surface area contributed by atoms with E-state index >= 15 is 0 Å². The number of hydrogen-bond donors (Lipinski definition) is 3. The molecule has 2 unspecified atom stereocenters. The Morgan fingerprint density at radius 3 is 2.40 bits per heavy atom. The number of carbonyl (C=O) groups is 2. The number of aliphatic hydroxyl groups excluding tert-OH is 1. The molecule has 2 saturated carbocycles. The number of aliphatic hydroxyl groups is 1. The van der Waals surface area contributed by atoms with Gasteiger partial charge in [0.05, 0.1) is 12.0 Å². The van der Waals surface area contributed by atoms with Gasteiger partial charge < -0.3 is 20.6 Å². The van der Waals surface area contributed by atoms with E-state index < -0.39 is 28.9 Å². The van der Waals surface area contributed by atoms with E-state index in [2.05, 4.69) is 17.2 Å². The van der Waals surface area contributed by atoms with Crippen LogP contribution in [0.25, 0.3) is 0 Å².